The summed E-state index contributed by atoms with van der Waals surface area (Å²) in [6.45, 7) is 2.54. The SMILES string of the molecule is CCN(Cc1nc2cc(OC)c(OC)cc2c(=O)[nH]1)C(=O)C1(F)CCNC1. The highest BCUT2D eigenvalue weighted by atomic mass is 19.1. The molecule has 1 amide bonds. The summed E-state index contributed by atoms with van der Waals surface area (Å²) in [5.41, 5.74) is -1.87. The minimum Gasteiger partial charge on any atom is -0.493 e. The first kappa shape index (κ1) is 19.1. The standard InChI is InChI=1S/C18H23FN4O4/c1-4-23(17(25)18(19)5-6-20-10-18)9-15-21-12-8-14(27-3)13(26-2)7-11(12)16(24)22-15/h7-8,20H,4-6,9-10H2,1-3H3,(H,21,22,24). The number of carbonyl (C=O) groups is 1. The summed E-state index contributed by atoms with van der Waals surface area (Å²) in [6.07, 6.45) is 0.140. The topological polar surface area (TPSA) is 96.6 Å². The zero-order valence-corrected chi connectivity index (χ0v) is 15.6. The maximum absolute atomic E-state index is 14.8. The minimum atomic E-state index is -1.91. The monoisotopic (exact) mass is 378 g/mol. The molecule has 0 spiro atoms. The molecule has 0 saturated carbocycles. The Morgan fingerprint density at radius 1 is 1.33 bits per heavy atom. The normalized spacial score (nSPS) is 19.3. The van der Waals surface area contributed by atoms with E-state index >= 15 is 0 Å². The van der Waals surface area contributed by atoms with Crippen molar-refractivity contribution in [3.05, 3.63) is 28.3 Å². The Hall–Kier alpha value is -2.68. The largest absolute Gasteiger partial charge is 0.493 e. The fraction of sp³-hybridized carbons (Fsp3) is 0.500. The highest BCUT2D eigenvalue weighted by Gasteiger charge is 2.43. The van der Waals surface area contributed by atoms with Gasteiger partial charge in [-0.05, 0) is 19.5 Å². The molecule has 2 aromatic rings. The van der Waals surface area contributed by atoms with Crippen LogP contribution in [0.2, 0.25) is 0 Å². The van der Waals surface area contributed by atoms with Gasteiger partial charge in [0.25, 0.3) is 11.5 Å². The average Bonchev–Trinajstić information content (AvgIpc) is 3.12. The molecule has 1 fully saturated rings. The van der Waals surface area contributed by atoms with Crippen LogP contribution in [0.5, 0.6) is 11.5 Å². The third-order valence-corrected chi connectivity index (χ3v) is 4.76. The number of ether oxygens (including phenoxy) is 2. The first-order valence-electron chi connectivity index (χ1n) is 8.75. The number of amides is 1. The molecule has 1 unspecified atom stereocenters. The predicted octanol–water partition coefficient (Wildman–Crippen LogP) is 0.990. The Bertz CT molecular complexity index is 908. The number of methoxy groups -OCH3 is 2. The summed E-state index contributed by atoms with van der Waals surface area (Å²) < 4.78 is 25.2. The molecule has 0 radical (unpaired) electrons. The number of carbonyl (C=O) groups excluding carboxylic acids is 1. The lowest BCUT2D eigenvalue weighted by molar-refractivity contribution is -0.143. The molecule has 0 aliphatic carbocycles. The lowest BCUT2D eigenvalue weighted by Gasteiger charge is -2.27. The number of aromatic nitrogens is 2. The predicted molar refractivity (Wildman–Crippen MR) is 97.9 cm³/mol. The number of halogens is 1. The van der Waals surface area contributed by atoms with Crippen molar-refractivity contribution in [2.75, 3.05) is 33.9 Å². The molecule has 1 aromatic heterocycles. The van der Waals surface area contributed by atoms with E-state index in [0.717, 1.165) is 0 Å². The number of benzene rings is 1. The molecule has 2 N–H and O–H groups in total. The number of fused-ring (bicyclic) bond motifs is 1. The van der Waals surface area contributed by atoms with Crippen molar-refractivity contribution in [3.63, 3.8) is 0 Å². The van der Waals surface area contributed by atoms with Gasteiger partial charge < -0.3 is 24.7 Å². The van der Waals surface area contributed by atoms with Gasteiger partial charge in [-0.25, -0.2) is 9.37 Å². The number of aromatic amines is 1. The molecule has 146 valence electrons. The summed E-state index contributed by atoms with van der Waals surface area (Å²) in [5.74, 6) is 0.551. The van der Waals surface area contributed by atoms with Gasteiger partial charge in [-0.3, -0.25) is 9.59 Å². The fourth-order valence-electron chi connectivity index (χ4n) is 3.22. The van der Waals surface area contributed by atoms with Gasteiger partial charge in [0.05, 0.1) is 31.7 Å². The van der Waals surface area contributed by atoms with E-state index in [9.17, 15) is 14.0 Å². The minimum absolute atomic E-state index is 0.000988. The van der Waals surface area contributed by atoms with Gasteiger partial charge in [-0.2, -0.15) is 0 Å². The first-order chi connectivity index (χ1) is 12.9. The molecule has 1 aliphatic heterocycles. The molecule has 2 heterocycles. The molecule has 0 bridgehead atoms. The number of hydrogen-bond acceptors (Lipinski definition) is 6. The molecule has 9 heteroatoms. The molecule has 1 saturated heterocycles. The average molecular weight is 378 g/mol. The number of rotatable bonds is 6. The van der Waals surface area contributed by atoms with Crippen LogP contribution in [0.25, 0.3) is 10.9 Å². The van der Waals surface area contributed by atoms with Crippen LogP contribution < -0.4 is 20.3 Å². The van der Waals surface area contributed by atoms with E-state index in [0.29, 0.717) is 35.5 Å². The summed E-state index contributed by atoms with van der Waals surface area (Å²) in [5, 5.41) is 3.21. The van der Waals surface area contributed by atoms with Gasteiger partial charge in [0.2, 0.25) is 5.67 Å². The van der Waals surface area contributed by atoms with Crippen molar-refractivity contribution in [1.82, 2.24) is 20.2 Å². The second-order valence-corrected chi connectivity index (χ2v) is 6.45. The van der Waals surface area contributed by atoms with Crippen molar-refractivity contribution >= 4 is 16.8 Å². The van der Waals surface area contributed by atoms with E-state index in [4.69, 9.17) is 9.47 Å². The second kappa shape index (κ2) is 7.51. The van der Waals surface area contributed by atoms with Crippen LogP contribution >= 0.6 is 0 Å². The molecule has 3 rings (SSSR count). The Morgan fingerprint density at radius 2 is 2.04 bits per heavy atom. The van der Waals surface area contributed by atoms with Gasteiger partial charge >= 0.3 is 0 Å². The van der Waals surface area contributed by atoms with E-state index in [1.54, 1.807) is 19.1 Å². The molecule has 1 aliphatic rings. The maximum Gasteiger partial charge on any atom is 0.262 e. The van der Waals surface area contributed by atoms with E-state index in [-0.39, 0.29) is 30.9 Å². The maximum atomic E-state index is 14.8. The number of nitrogens with one attached hydrogen (secondary N) is 2. The van der Waals surface area contributed by atoms with E-state index in [1.807, 2.05) is 0 Å². The van der Waals surface area contributed by atoms with Gasteiger partial charge in [-0.15, -0.1) is 0 Å². The van der Waals surface area contributed by atoms with Crippen LogP contribution in [-0.4, -0.2) is 60.3 Å². The highest BCUT2D eigenvalue weighted by molar-refractivity contribution is 5.86. The summed E-state index contributed by atoms with van der Waals surface area (Å²) in [6, 6.07) is 3.15. The molecule has 27 heavy (non-hydrogen) atoms. The molecule has 1 atom stereocenters. The quantitative estimate of drug-likeness (QED) is 0.778. The zero-order chi connectivity index (χ0) is 19.6. The van der Waals surface area contributed by atoms with Crippen LogP contribution in [0.4, 0.5) is 4.39 Å². The van der Waals surface area contributed by atoms with E-state index in [2.05, 4.69) is 15.3 Å². The van der Waals surface area contributed by atoms with Gasteiger partial charge in [0, 0.05) is 25.6 Å². The zero-order valence-electron chi connectivity index (χ0n) is 15.6. The van der Waals surface area contributed by atoms with Crippen molar-refractivity contribution in [3.8, 4) is 11.5 Å². The smallest absolute Gasteiger partial charge is 0.262 e. The van der Waals surface area contributed by atoms with Crippen LogP contribution in [-0.2, 0) is 11.3 Å². The lowest BCUT2D eigenvalue weighted by atomic mass is 10.0. The van der Waals surface area contributed by atoms with Crippen molar-refractivity contribution in [1.29, 1.82) is 0 Å². The van der Waals surface area contributed by atoms with Crippen molar-refractivity contribution < 1.29 is 18.7 Å². The Morgan fingerprint density at radius 3 is 2.63 bits per heavy atom. The summed E-state index contributed by atoms with van der Waals surface area (Å²) >= 11 is 0. The van der Waals surface area contributed by atoms with E-state index in [1.165, 1.54) is 19.1 Å². The molecular weight excluding hydrogens is 355 g/mol. The number of H-pyrrole nitrogens is 1. The van der Waals surface area contributed by atoms with Crippen LogP contribution in [0.1, 0.15) is 19.2 Å². The molecule has 1 aromatic carbocycles. The van der Waals surface area contributed by atoms with Gasteiger partial charge in [0.1, 0.15) is 5.82 Å². The summed E-state index contributed by atoms with van der Waals surface area (Å²) in [7, 11) is 2.97. The number of alkyl halides is 1. The van der Waals surface area contributed by atoms with Crippen molar-refractivity contribution in [2.24, 2.45) is 0 Å². The summed E-state index contributed by atoms with van der Waals surface area (Å²) in [4.78, 5) is 33.5. The van der Waals surface area contributed by atoms with Crippen LogP contribution in [0, 0.1) is 0 Å². The molecule has 8 nitrogen and oxygen atoms in total. The van der Waals surface area contributed by atoms with Gasteiger partial charge in [-0.1, -0.05) is 0 Å². The van der Waals surface area contributed by atoms with Crippen LogP contribution in [0.3, 0.4) is 0 Å². The number of nitrogens with zero attached hydrogens (tertiary/aromatic N) is 2. The molecular formula is C18H23FN4O4. The third-order valence-electron chi connectivity index (χ3n) is 4.76. The second-order valence-electron chi connectivity index (χ2n) is 6.45. The third kappa shape index (κ3) is 3.59. The number of hydrogen-bond donors (Lipinski definition) is 2. The Balaban J connectivity index is 1.94. The van der Waals surface area contributed by atoms with Crippen molar-refractivity contribution in [2.45, 2.75) is 25.6 Å². The van der Waals surface area contributed by atoms with Crippen LogP contribution in [0.15, 0.2) is 16.9 Å². The lowest BCUT2D eigenvalue weighted by Crippen LogP contribution is -2.47. The first-order valence-corrected chi connectivity index (χ1v) is 8.75. The fourth-order valence-corrected chi connectivity index (χ4v) is 3.22. The Labute approximate surface area is 155 Å². The van der Waals surface area contributed by atoms with Gasteiger partial charge in [0.15, 0.2) is 11.5 Å². The highest BCUT2D eigenvalue weighted by Crippen LogP contribution is 2.30. The van der Waals surface area contributed by atoms with E-state index < -0.39 is 11.6 Å². The Kier molecular flexibility index (Phi) is 5.31.